The highest BCUT2D eigenvalue weighted by atomic mass is 79.9. The van der Waals surface area contributed by atoms with Crippen LogP contribution in [0.1, 0.15) is 17.0 Å². The summed E-state index contributed by atoms with van der Waals surface area (Å²) in [5, 5.41) is 17.8. The maximum Gasteiger partial charge on any atom is 0.273 e. The van der Waals surface area contributed by atoms with Gasteiger partial charge in [0.25, 0.3) is 5.69 Å². The molecule has 0 atom stereocenters. The maximum absolute atomic E-state index is 10.8. The fourth-order valence-corrected chi connectivity index (χ4v) is 2.16. The van der Waals surface area contributed by atoms with Gasteiger partial charge in [-0.15, -0.1) is 0 Å². The first-order valence-electron chi connectivity index (χ1n) is 5.58. The number of halogens is 1. The second-order valence-electron chi connectivity index (χ2n) is 4.16. The second kappa shape index (κ2) is 5.40. The van der Waals surface area contributed by atoms with E-state index in [1.165, 1.54) is 6.07 Å². The predicted molar refractivity (Wildman–Crippen MR) is 74.1 cm³/mol. The molecular formula is C12H12BrN3O3. The van der Waals surface area contributed by atoms with Crippen LogP contribution in [0, 0.1) is 24.0 Å². The molecule has 1 N–H and O–H groups in total. The summed E-state index contributed by atoms with van der Waals surface area (Å²) in [5.41, 5.74) is 2.26. The van der Waals surface area contributed by atoms with Crippen LogP contribution in [0.25, 0.3) is 0 Å². The van der Waals surface area contributed by atoms with E-state index in [1.807, 2.05) is 13.0 Å². The van der Waals surface area contributed by atoms with Crippen molar-refractivity contribution < 1.29 is 9.45 Å². The Kier molecular flexibility index (Phi) is 3.84. The molecule has 6 nitrogen and oxygen atoms in total. The van der Waals surface area contributed by atoms with Crippen LogP contribution in [0.3, 0.4) is 0 Å². The number of benzene rings is 1. The fourth-order valence-electron chi connectivity index (χ4n) is 1.69. The van der Waals surface area contributed by atoms with Crippen molar-refractivity contribution in [3.8, 4) is 0 Å². The second-order valence-corrected chi connectivity index (χ2v) is 5.01. The lowest BCUT2D eigenvalue weighted by Crippen LogP contribution is -2.02. The van der Waals surface area contributed by atoms with Crippen molar-refractivity contribution in [1.82, 2.24) is 5.16 Å². The van der Waals surface area contributed by atoms with Crippen molar-refractivity contribution in [3.63, 3.8) is 0 Å². The minimum Gasteiger partial charge on any atom is -0.378 e. The molecule has 0 unspecified atom stereocenters. The molecule has 0 amide bonds. The van der Waals surface area contributed by atoms with Crippen LogP contribution in [0.5, 0.6) is 0 Å². The fraction of sp³-hybridized carbons (Fsp3) is 0.250. The van der Waals surface area contributed by atoms with E-state index in [0.717, 1.165) is 17.1 Å². The summed E-state index contributed by atoms with van der Waals surface area (Å²) >= 11 is 3.32. The molecule has 100 valence electrons. The topological polar surface area (TPSA) is 81.2 Å². The molecule has 1 heterocycles. The molecule has 1 aromatic heterocycles. The van der Waals surface area contributed by atoms with Crippen LogP contribution in [0.2, 0.25) is 0 Å². The van der Waals surface area contributed by atoms with E-state index in [-0.39, 0.29) is 5.69 Å². The number of hydrogen-bond acceptors (Lipinski definition) is 5. The molecule has 2 rings (SSSR count). The molecule has 0 aliphatic heterocycles. The lowest BCUT2D eigenvalue weighted by atomic mass is 10.2. The number of nitrogens with one attached hydrogen (secondary N) is 1. The monoisotopic (exact) mass is 325 g/mol. The summed E-state index contributed by atoms with van der Waals surface area (Å²) < 4.78 is 5.61. The SMILES string of the molecule is Cc1cc(CNc2cc(C)c([N+](=O)[O-])cc2Br)no1. The van der Waals surface area contributed by atoms with E-state index in [0.29, 0.717) is 16.6 Å². The number of rotatable bonds is 4. The van der Waals surface area contributed by atoms with E-state index in [4.69, 9.17) is 4.52 Å². The van der Waals surface area contributed by atoms with Gasteiger partial charge in [-0.2, -0.15) is 0 Å². The van der Waals surface area contributed by atoms with Crippen molar-refractivity contribution >= 4 is 27.3 Å². The Hall–Kier alpha value is -1.89. The van der Waals surface area contributed by atoms with Gasteiger partial charge in [0.15, 0.2) is 0 Å². The highest BCUT2D eigenvalue weighted by Crippen LogP contribution is 2.30. The van der Waals surface area contributed by atoms with Crippen LogP contribution in [0.4, 0.5) is 11.4 Å². The Morgan fingerprint density at radius 2 is 2.16 bits per heavy atom. The zero-order valence-electron chi connectivity index (χ0n) is 10.4. The van der Waals surface area contributed by atoms with Gasteiger partial charge in [-0.1, -0.05) is 5.16 Å². The zero-order chi connectivity index (χ0) is 14.0. The standard InChI is InChI=1S/C12H12BrN3O3/c1-7-3-11(10(13)5-12(7)16(17)18)14-6-9-4-8(2)19-15-9/h3-5,14H,6H2,1-2H3. The average Bonchev–Trinajstić information content (AvgIpc) is 2.75. The third-order valence-electron chi connectivity index (χ3n) is 2.62. The normalized spacial score (nSPS) is 10.5. The van der Waals surface area contributed by atoms with Crippen LogP contribution in [-0.2, 0) is 6.54 Å². The minimum atomic E-state index is -0.398. The van der Waals surface area contributed by atoms with Gasteiger partial charge in [-0.25, -0.2) is 0 Å². The summed E-state index contributed by atoms with van der Waals surface area (Å²) in [6.45, 7) is 4.02. The van der Waals surface area contributed by atoms with Crippen molar-refractivity contribution in [2.24, 2.45) is 0 Å². The Labute approximate surface area is 118 Å². The minimum absolute atomic E-state index is 0.0923. The van der Waals surface area contributed by atoms with Gasteiger partial charge in [0.05, 0.1) is 11.5 Å². The molecule has 0 fully saturated rings. The van der Waals surface area contributed by atoms with Gasteiger partial charge in [0.2, 0.25) is 0 Å². The summed E-state index contributed by atoms with van der Waals surface area (Å²) in [6.07, 6.45) is 0. The van der Waals surface area contributed by atoms with Crippen LogP contribution < -0.4 is 5.32 Å². The molecule has 1 aromatic carbocycles. The van der Waals surface area contributed by atoms with Crippen LogP contribution in [-0.4, -0.2) is 10.1 Å². The summed E-state index contributed by atoms with van der Waals surface area (Å²) in [4.78, 5) is 10.4. The molecule has 0 aliphatic carbocycles. The van der Waals surface area contributed by atoms with Crippen molar-refractivity contribution in [3.05, 3.63) is 49.8 Å². The largest absolute Gasteiger partial charge is 0.378 e. The quantitative estimate of drug-likeness (QED) is 0.686. The van der Waals surface area contributed by atoms with Gasteiger partial charge in [0.1, 0.15) is 11.5 Å². The third kappa shape index (κ3) is 3.11. The molecule has 2 aromatic rings. The summed E-state index contributed by atoms with van der Waals surface area (Å²) in [6, 6.07) is 5.06. The Balaban J connectivity index is 2.17. The van der Waals surface area contributed by atoms with Crippen LogP contribution >= 0.6 is 15.9 Å². The number of hydrogen-bond donors (Lipinski definition) is 1. The molecule has 0 saturated heterocycles. The number of nitro groups is 1. The first-order valence-corrected chi connectivity index (χ1v) is 6.37. The lowest BCUT2D eigenvalue weighted by molar-refractivity contribution is -0.385. The molecule has 0 saturated carbocycles. The van der Waals surface area contributed by atoms with E-state index < -0.39 is 4.92 Å². The van der Waals surface area contributed by atoms with Gasteiger partial charge in [0, 0.05) is 27.9 Å². The first kappa shape index (κ1) is 13.5. The Morgan fingerprint density at radius 3 is 2.74 bits per heavy atom. The number of aryl methyl sites for hydroxylation is 2. The summed E-state index contributed by atoms with van der Waals surface area (Å²) in [7, 11) is 0. The Morgan fingerprint density at radius 1 is 1.42 bits per heavy atom. The number of nitrogens with zero attached hydrogens (tertiary/aromatic N) is 2. The molecule has 7 heteroatoms. The highest BCUT2D eigenvalue weighted by molar-refractivity contribution is 9.10. The smallest absolute Gasteiger partial charge is 0.273 e. The van der Waals surface area contributed by atoms with Crippen molar-refractivity contribution in [1.29, 1.82) is 0 Å². The predicted octanol–water partition coefficient (Wildman–Crippen LogP) is 3.57. The van der Waals surface area contributed by atoms with Gasteiger partial charge < -0.3 is 9.84 Å². The third-order valence-corrected chi connectivity index (χ3v) is 3.28. The Bertz CT molecular complexity index is 625. The van der Waals surface area contributed by atoms with Crippen molar-refractivity contribution in [2.75, 3.05) is 5.32 Å². The van der Waals surface area contributed by atoms with Crippen LogP contribution in [0.15, 0.2) is 27.2 Å². The van der Waals surface area contributed by atoms with E-state index in [1.54, 1.807) is 13.0 Å². The maximum atomic E-state index is 10.8. The highest BCUT2D eigenvalue weighted by Gasteiger charge is 2.14. The summed E-state index contributed by atoms with van der Waals surface area (Å²) in [5.74, 6) is 0.746. The van der Waals surface area contributed by atoms with E-state index in [2.05, 4.69) is 26.4 Å². The average molecular weight is 326 g/mol. The number of anilines is 1. The molecular weight excluding hydrogens is 314 g/mol. The molecule has 19 heavy (non-hydrogen) atoms. The molecule has 0 radical (unpaired) electrons. The van der Waals surface area contributed by atoms with E-state index in [9.17, 15) is 10.1 Å². The number of nitro benzene ring substituents is 1. The number of aromatic nitrogens is 1. The lowest BCUT2D eigenvalue weighted by Gasteiger charge is -2.08. The van der Waals surface area contributed by atoms with Crippen molar-refractivity contribution in [2.45, 2.75) is 20.4 Å². The first-order chi connectivity index (χ1) is 8.97. The zero-order valence-corrected chi connectivity index (χ0v) is 12.0. The van der Waals surface area contributed by atoms with Gasteiger partial charge in [-0.3, -0.25) is 10.1 Å². The van der Waals surface area contributed by atoms with Gasteiger partial charge >= 0.3 is 0 Å². The molecule has 0 aliphatic rings. The van der Waals surface area contributed by atoms with E-state index >= 15 is 0 Å². The molecule has 0 spiro atoms. The van der Waals surface area contributed by atoms with Gasteiger partial charge in [-0.05, 0) is 35.8 Å². The molecule has 0 bridgehead atoms.